The average molecular weight is 507 g/mol. The Balaban J connectivity index is 1.71. The molecule has 0 saturated heterocycles. The molecule has 0 bridgehead atoms. The van der Waals surface area contributed by atoms with Crippen molar-refractivity contribution in [1.82, 2.24) is 9.36 Å². The van der Waals surface area contributed by atoms with Crippen LogP contribution in [-0.4, -0.2) is 29.4 Å². The molecule has 1 heterocycles. The van der Waals surface area contributed by atoms with E-state index in [1.165, 1.54) is 31.2 Å². The Bertz CT molecular complexity index is 1370. The van der Waals surface area contributed by atoms with E-state index in [4.69, 9.17) is 16.3 Å². The number of ether oxygens (including phenoxy) is 1. The third-order valence-corrected chi connectivity index (χ3v) is 6.80. The number of hydrogen-bond donors (Lipinski definition) is 1. The Kier molecular flexibility index (Phi) is 7.75. The van der Waals surface area contributed by atoms with Crippen LogP contribution in [0.15, 0.2) is 53.2 Å². The summed E-state index contributed by atoms with van der Waals surface area (Å²) in [7, 11) is -3.61. The van der Waals surface area contributed by atoms with Crippen molar-refractivity contribution >= 4 is 50.1 Å². The number of halogens is 2. The molecule has 0 atom stereocenters. The first-order valence-electron chi connectivity index (χ1n) is 9.39. The van der Waals surface area contributed by atoms with Crippen LogP contribution in [0.3, 0.4) is 0 Å². The monoisotopic (exact) mass is 506 g/mol. The molecule has 1 amide bonds. The number of hydrogen-bond acceptors (Lipinski definition) is 8. The maximum Gasteiger partial charge on any atom is 0.268 e. The normalized spacial score (nSPS) is 11.6. The minimum atomic E-state index is -3.61. The van der Waals surface area contributed by atoms with Crippen LogP contribution < -0.4 is 10.1 Å². The summed E-state index contributed by atoms with van der Waals surface area (Å²) in [5.41, 5.74) is 0.546. The molecule has 0 aliphatic rings. The summed E-state index contributed by atoms with van der Waals surface area (Å²) in [4.78, 5) is 16.2. The van der Waals surface area contributed by atoms with Gasteiger partial charge in [0.15, 0.2) is 0 Å². The van der Waals surface area contributed by atoms with Crippen LogP contribution in [0.5, 0.6) is 5.75 Å². The van der Waals surface area contributed by atoms with Gasteiger partial charge in [-0.25, -0.2) is 12.8 Å². The Labute approximate surface area is 198 Å². The van der Waals surface area contributed by atoms with Gasteiger partial charge in [-0.3, -0.25) is 10.1 Å². The smallest absolute Gasteiger partial charge is 0.268 e. The van der Waals surface area contributed by atoms with E-state index in [0.29, 0.717) is 28.4 Å². The van der Waals surface area contributed by atoms with Crippen LogP contribution in [0.25, 0.3) is 6.08 Å². The van der Waals surface area contributed by atoms with Crippen molar-refractivity contribution < 1.29 is 22.3 Å². The molecular formula is C21H16ClFN4O4S2. The number of carbonyl (C=O) groups is 1. The lowest BCUT2D eigenvalue weighted by Crippen LogP contribution is -2.13. The third kappa shape index (κ3) is 6.13. The fraction of sp³-hybridized carbons (Fsp3) is 0.143. The van der Waals surface area contributed by atoms with Crippen LogP contribution in [0.2, 0.25) is 5.02 Å². The molecule has 3 aromatic rings. The number of nitrogens with zero attached hydrogens (tertiary/aromatic N) is 3. The van der Waals surface area contributed by atoms with Gasteiger partial charge in [0.05, 0.1) is 10.8 Å². The first-order valence-corrected chi connectivity index (χ1v) is 12.2. The number of amides is 1. The Hall–Kier alpha value is -3.33. The lowest BCUT2D eigenvalue weighted by molar-refractivity contribution is -0.112. The highest BCUT2D eigenvalue weighted by atomic mass is 35.5. The second-order valence-corrected chi connectivity index (χ2v) is 9.81. The van der Waals surface area contributed by atoms with E-state index >= 15 is 0 Å². The molecule has 33 heavy (non-hydrogen) atoms. The average Bonchev–Trinajstić information content (AvgIpc) is 3.27. The fourth-order valence-electron chi connectivity index (χ4n) is 2.49. The van der Waals surface area contributed by atoms with Crippen molar-refractivity contribution in [2.75, 3.05) is 11.1 Å². The van der Waals surface area contributed by atoms with Gasteiger partial charge >= 0.3 is 0 Å². The van der Waals surface area contributed by atoms with Gasteiger partial charge in [0.1, 0.15) is 29.8 Å². The number of rotatable bonds is 8. The highest BCUT2D eigenvalue weighted by Crippen LogP contribution is 2.28. The van der Waals surface area contributed by atoms with E-state index in [2.05, 4.69) is 14.7 Å². The Morgan fingerprint density at radius 2 is 2.09 bits per heavy atom. The van der Waals surface area contributed by atoms with E-state index in [1.807, 2.05) is 0 Å². The number of nitrogens with one attached hydrogen (secondary N) is 1. The van der Waals surface area contributed by atoms with Gasteiger partial charge in [0.2, 0.25) is 15.0 Å². The van der Waals surface area contributed by atoms with E-state index in [-0.39, 0.29) is 33.2 Å². The summed E-state index contributed by atoms with van der Waals surface area (Å²) in [6.07, 6.45) is 1.30. The van der Waals surface area contributed by atoms with Crippen LogP contribution in [-0.2, 0) is 21.2 Å². The van der Waals surface area contributed by atoms with Crippen molar-refractivity contribution in [3.63, 3.8) is 0 Å². The molecule has 0 aliphatic heterocycles. The Morgan fingerprint density at radius 3 is 2.76 bits per heavy atom. The maximum absolute atomic E-state index is 13.7. The van der Waals surface area contributed by atoms with Crippen LogP contribution in [0.1, 0.15) is 18.1 Å². The number of anilines is 1. The minimum absolute atomic E-state index is 0.0228. The SMILES string of the molecule is CCS(=O)(=O)c1nsc(NC(=O)C(C#N)=Cc2ccc(OCc3ccccc3F)c(Cl)c2)n1. The number of carbonyl (C=O) groups excluding carboxylic acids is 1. The van der Waals surface area contributed by atoms with Gasteiger partial charge in [-0.1, -0.05) is 42.8 Å². The summed E-state index contributed by atoms with van der Waals surface area (Å²) in [6, 6.07) is 12.6. The lowest BCUT2D eigenvalue weighted by Gasteiger charge is -2.09. The molecule has 1 aromatic heterocycles. The van der Waals surface area contributed by atoms with Crippen molar-refractivity contribution in [3.8, 4) is 11.8 Å². The molecular weight excluding hydrogens is 491 g/mol. The zero-order chi connectivity index (χ0) is 24.0. The van der Waals surface area contributed by atoms with Gasteiger partial charge in [0, 0.05) is 17.1 Å². The first kappa shape index (κ1) is 24.3. The highest BCUT2D eigenvalue weighted by Gasteiger charge is 2.20. The zero-order valence-corrected chi connectivity index (χ0v) is 19.5. The van der Waals surface area contributed by atoms with Gasteiger partial charge < -0.3 is 4.74 Å². The summed E-state index contributed by atoms with van der Waals surface area (Å²) in [6.45, 7) is 1.43. The molecule has 0 saturated carbocycles. The molecule has 0 radical (unpaired) electrons. The van der Waals surface area contributed by atoms with E-state index in [9.17, 15) is 22.9 Å². The van der Waals surface area contributed by atoms with Crippen LogP contribution >= 0.6 is 23.1 Å². The summed E-state index contributed by atoms with van der Waals surface area (Å²) in [5, 5.41) is 11.5. The first-order chi connectivity index (χ1) is 15.7. The lowest BCUT2D eigenvalue weighted by atomic mass is 10.1. The molecule has 1 N–H and O–H groups in total. The molecule has 12 heteroatoms. The predicted octanol–water partition coefficient (Wildman–Crippen LogP) is 4.25. The molecule has 2 aromatic carbocycles. The molecule has 0 spiro atoms. The van der Waals surface area contributed by atoms with E-state index < -0.39 is 21.6 Å². The summed E-state index contributed by atoms with van der Waals surface area (Å²) >= 11 is 6.92. The summed E-state index contributed by atoms with van der Waals surface area (Å²) < 4.78 is 46.6. The van der Waals surface area contributed by atoms with Gasteiger partial charge in [-0.05, 0) is 29.8 Å². The number of nitriles is 1. The largest absolute Gasteiger partial charge is 0.487 e. The second kappa shape index (κ2) is 10.5. The zero-order valence-electron chi connectivity index (χ0n) is 17.1. The number of benzene rings is 2. The molecule has 3 rings (SSSR count). The van der Waals surface area contributed by atoms with Crippen molar-refractivity contribution in [2.45, 2.75) is 18.7 Å². The van der Waals surface area contributed by atoms with Gasteiger partial charge in [-0.2, -0.15) is 14.6 Å². The predicted molar refractivity (Wildman–Crippen MR) is 122 cm³/mol. The molecule has 8 nitrogen and oxygen atoms in total. The van der Waals surface area contributed by atoms with Crippen LogP contribution in [0.4, 0.5) is 9.52 Å². The highest BCUT2D eigenvalue weighted by molar-refractivity contribution is 7.91. The van der Waals surface area contributed by atoms with E-state index in [0.717, 1.165) is 0 Å². The van der Waals surface area contributed by atoms with Gasteiger partial charge in [0.25, 0.3) is 11.1 Å². The van der Waals surface area contributed by atoms with Crippen LogP contribution in [0, 0.1) is 17.1 Å². The topological polar surface area (TPSA) is 122 Å². The maximum atomic E-state index is 13.7. The Morgan fingerprint density at radius 1 is 1.33 bits per heavy atom. The third-order valence-electron chi connectivity index (χ3n) is 4.26. The van der Waals surface area contributed by atoms with Gasteiger partial charge in [-0.15, -0.1) is 0 Å². The number of aromatic nitrogens is 2. The quantitative estimate of drug-likeness (QED) is 0.358. The molecule has 0 unspecified atom stereocenters. The number of sulfone groups is 1. The molecule has 170 valence electrons. The van der Waals surface area contributed by atoms with Crippen molar-refractivity contribution in [1.29, 1.82) is 5.26 Å². The van der Waals surface area contributed by atoms with Crippen molar-refractivity contribution in [2.24, 2.45) is 0 Å². The second-order valence-electron chi connectivity index (χ2n) is 6.48. The minimum Gasteiger partial charge on any atom is -0.487 e. The molecule has 0 aliphatic carbocycles. The fourth-order valence-corrected chi connectivity index (χ4v) is 4.32. The van der Waals surface area contributed by atoms with Crippen molar-refractivity contribution in [3.05, 3.63) is 70.0 Å². The van der Waals surface area contributed by atoms with E-state index in [1.54, 1.807) is 30.3 Å². The molecule has 0 fully saturated rings. The standard InChI is InChI=1S/C21H16ClFN4O4S2/c1-2-33(29,30)21-26-20(32-27-21)25-19(28)15(11-24)9-13-7-8-18(16(22)10-13)31-12-14-5-3-4-6-17(14)23/h3-10H,2,12H2,1H3,(H,25,26,27,28). The summed E-state index contributed by atoms with van der Waals surface area (Å²) in [5.74, 6) is -1.06.